The summed E-state index contributed by atoms with van der Waals surface area (Å²) in [5, 5.41) is 8.60. The lowest BCUT2D eigenvalue weighted by Gasteiger charge is -2.31. The number of nitrogens with zero attached hydrogens (tertiary/aromatic N) is 4. The number of fused-ring (bicyclic) bond motifs is 1. The van der Waals surface area contributed by atoms with E-state index in [4.69, 9.17) is 0 Å². The molecule has 5 nitrogen and oxygen atoms in total. The van der Waals surface area contributed by atoms with Gasteiger partial charge in [0.2, 0.25) is 5.91 Å². The molecular weight excluding hydrogens is 336 g/mol. The fourth-order valence-corrected chi connectivity index (χ4v) is 3.85. The van der Waals surface area contributed by atoms with E-state index in [9.17, 15) is 4.79 Å². The van der Waals surface area contributed by atoms with Crippen LogP contribution in [0.25, 0.3) is 11.4 Å². The largest absolute Gasteiger partial charge is 0.314 e. The summed E-state index contributed by atoms with van der Waals surface area (Å²) < 4.78 is 1.92. The van der Waals surface area contributed by atoms with Crippen LogP contribution in [0, 0.1) is 0 Å². The van der Waals surface area contributed by atoms with Crippen LogP contribution in [0.2, 0.25) is 0 Å². The van der Waals surface area contributed by atoms with Gasteiger partial charge in [0.05, 0.1) is 6.42 Å². The fourth-order valence-electron chi connectivity index (χ4n) is 3.85. The Morgan fingerprint density at radius 1 is 1.07 bits per heavy atom. The molecule has 0 unspecified atom stereocenters. The molecule has 3 aromatic rings. The predicted octanol–water partition coefficient (Wildman–Crippen LogP) is 3.57. The van der Waals surface area contributed by atoms with Crippen LogP contribution in [0.3, 0.4) is 0 Å². The van der Waals surface area contributed by atoms with E-state index >= 15 is 0 Å². The number of hydrogen-bond acceptors (Lipinski definition) is 3. The zero-order chi connectivity index (χ0) is 18.8. The molecule has 2 aromatic carbocycles. The first kappa shape index (κ1) is 17.5. The van der Waals surface area contributed by atoms with Crippen LogP contribution in [0.1, 0.15) is 30.3 Å². The van der Waals surface area contributed by atoms with Crippen LogP contribution >= 0.6 is 0 Å². The molecule has 27 heavy (non-hydrogen) atoms. The molecule has 0 saturated carbocycles. The molecule has 0 N–H and O–H groups in total. The molecule has 0 spiro atoms. The third kappa shape index (κ3) is 3.25. The summed E-state index contributed by atoms with van der Waals surface area (Å²) in [6, 6.07) is 16.3. The Balaban J connectivity index is 1.61. The highest BCUT2D eigenvalue weighted by molar-refractivity contribution is 5.96. The van der Waals surface area contributed by atoms with Crippen LogP contribution in [-0.2, 0) is 31.1 Å². The second-order valence-corrected chi connectivity index (χ2v) is 6.97. The number of aryl methyl sites for hydroxylation is 2. The number of anilines is 1. The minimum atomic E-state index is 0.0898. The van der Waals surface area contributed by atoms with Crippen molar-refractivity contribution in [2.75, 3.05) is 11.4 Å². The average Bonchev–Trinajstić information content (AvgIpc) is 3.07. The van der Waals surface area contributed by atoms with E-state index < -0.39 is 0 Å². The van der Waals surface area contributed by atoms with Crippen molar-refractivity contribution >= 4 is 11.6 Å². The highest BCUT2D eigenvalue weighted by atomic mass is 16.2. The van der Waals surface area contributed by atoms with Crippen molar-refractivity contribution in [2.45, 2.75) is 32.6 Å². The van der Waals surface area contributed by atoms with Crippen molar-refractivity contribution in [1.82, 2.24) is 14.8 Å². The zero-order valence-corrected chi connectivity index (χ0v) is 15.9. The molecule has 0 fully saturated rings. The molecule has 5 heteroatoms. The fraction of sp³-hybridized carbons (Fsp3) is 0.318. The Bertz CT molecular complexity index is 947. The predicted molar refractivity (Wildman–Crippen MR) is 107 cm³/mol. The topological polar surface area (TPSA) is 51.0 Å². The van der Waals surface area contributed by atoms with Crippen molar-refractivity contribution in [3.63, 3.8) is 0 Å². The van der Waals surface area contributed by atoms with Gasteiger partial charge >= 0.3 is 0 Å². The lowest BCUT2D eigenvalue weighted by atomic mass is 9.96. The van der Waals surface area contributed by atoms with Gasteiger partial charge in [-0.3, -0.25) is 4.79 Å². The van der Waals surface area contributed by atoms with E-state index in [2.05, 4.69) is 35.3 Å². The molecule has 0 aliphatic carbocycles. The van der Waals surface area contributed by atoms with E-state index in [1.807, 2.05) is 46.8 Å². The first-order valence-electron chi connectivity index (χ1n) is 9.54. The number of benzene rings is 2. The van der Waals surface area contributed by atoms with Gasteiger partial charge in [-0.05, 0) is 30.4 Å². The second kappa shape index (κ2) is 7.35. The molecule has 0 bridgehead atoms. The van der Waals surface area contributed by atoms with Gasteiger partial charge in [0.25, 0.3) is 0 Å². The molecule has 1 aliphatic rings. The van der Waals surface area contributed by atoms with Gasteiger partial charge in [0.15, 0.2) is 5.82 Å². The summed E-state index contributed by atoms with van der Waals surface area (Å²) in [6.45, 7) is 2.91. The maximum atomic E-state index is 13.1. The summed E-state index contributed by atoms with van der Waals surface area (Å²) >= 11 is 0. The van der Waals surface area contributed by atoms with E-state index in [0.717, 1.165) is 42.9 Å². The van der Waals surface area contributed by atoms with Crippen molar-refractivity contribution in [3.05, 3.63) is 65.5 Å². The average molecular weight is 360 g/mol. The standard InChI is InChI=1S/C22H24N4O/c1-3-16-11-7-12-17-13-8-14-26(21(16)17)20(27)15-19-23-24-22(25(19)2)18-9-5-4-6-10-18/h4-7,9-12H,3,8,13-15H2,1-2H3. The Kier molecular flexibility index (Phi) is 4.75. The molecule has 1 aliphatic heterocycles. The Morgan fingerprint density at radius 3 is 2.67 bits per heavy atom. The van der Waals surface area contributed by atoms with Crippen molar-refractivity contribution < 1.29 is 4.79 Å². The maximum Gasteiger partial charge on any atom is 0.234 e. The molecule has 0 atom stereocenters. The lowest BCUT2D eigenvalue weighted by molar-refractivity contribution is -0.118. The van der Waals surface area contributed by atoms with E-state index in [1.54, 1.807) is 0 Å². The van der Waals surface area contributed by atoms with E-state index in [-0.39, 0.29) is 12.3 Å². The number of aromatic nitrogens is 3. The Morgan fingerprint density at radius 2 is 1.89 bits per heavy atom. The van der Waals surface area contributed by atoms with Crippen LogP contribution in [0.15, 0.2) is 48.5 Å². The first-order valence-corrected chi connectivity index (χ1v) is 9.54. The van der Waals surface area contributed by atoms with E-state index in [1.165, 1.54) is 11.1 Å². The molecule has 1 aromatic heterocycles. The summed E-state index contributed by atoms with van der Waals surface area (Å²) in [6.07, 6.45) is 3.22. The lowest BCUT2D eigenvalue weighted by Crippen LogP contribution is -2.37. The van der Waals surface area contributed by atoms with Gasteiger partial charge < -0.3 is 9.47 Å². The number of para-hydroxylation sites is 1. The summed E-state index contributed by atoms with van der Waals surface area (Å²) in [7, 11) is 1.92. The van der Waals surface area contributed by atoms with Crippen LogP contribution in [0.4, 0.5) is 5.69 Å². The third-order valence-electron chi connectivity index (χ3n) is 5.29. The van der Waals surface area contributed by atoms with Crippen LogP contribution in [-0.4, -0.2) is 27.2 Å². The van der Waals surface area contributed by atoms with E-state index in [0.29, 0.717) is 5.82 Å². The molecule has 0 saturated heterocycles. The minimum Gasteiger partial charge on any atom is -0.314 e. The molecular formula is C22H24N4O. The molecule has 138 valence electrons. The molecule has 1 amide bonds. The van der Waals surface area contributed by atoms with Gasteiger partial charge in [-0.2, -0.15) is 0 Å². The Labute approximate surface area is 159 Å². The monoisotopic (exact) mass is 360 g/mol. The second-order valence-electron chi connectivity index (χ2n) is 6.97. The van der Waals surface area contributed by atoms with Crippen LogP contribution < -0.4 is 4.90 Å². The summed E-state index contributed by atoms with van der Waals surface area (Å²) in [5.41, 5.74) is 4.63. The van der Waals surface area contributed by atoms with Gasteiger partial charge in [0.1, 0.15) is 5.82 Å². The molecule has 4 rings (SSSR count). The van der Waals surface area contributed by atoms with Crippen LogP contribution in [0.5, 0.6) is 0 Å². The Hall–Kier alpha value is -2.95. The summed E-state index contributed by atoms with van der Waals surface area (Å²) in [4.78, 5) is 15.1. The maximum absolute atomic E-state index is 13.1. The van der Waals surface area contributed by atoms with Crippen molar-refractivity contribution in [2.24, 2.45) is 7.05 Å². The van der Waals surface area contributed by atoms with Gasteiger partial charge in [-0.25, -0.2) is 0 Å². The molecule has 0 radical (unpaired) electrons. The number of rotatable bonds is 4. The SMILES string of the molecule is CCc1cccc2c1N(C(=O)Cc1nnc(-c3ccccc3)n1C)CCC2. The first-order chi connectivity index (χ1) is 13.2. The summed E-state index contributed by atoms with van der Waals surface area (Å²) in [5.74, 6) is 1.57. The van der Waals surface area contributed by atoms with Gasteiger partial charge in [0, 0.05) is 24.8 Å². The zero-order valence-electron chi connectivity index (χ0n) is 15.9. The minimum absolute atomic E-state index is 0.0898. The highest BCUT2D eigenvalue weighted by Gasteiger charge is 2.26. The number of carbonyl (C=O) groups is 1. The molecule has 2 heterocycles. The quantitative estimate of drug-likeness (QED) is 0.715. The van der Waals surface area contributed by atoms with Crippen molar-refractivity contribution in [3.8, 4) is 11.4 Å². The number of carbonyl (C=O) groups excluding carboxylic acids is 1. The van der Waals surface area contributed by atoms with Gasteiger partial charge in [-0.15, -0.1) is 10.2 Å². The number of amides is 1. The van der Waals surface area contributed by atoms with Gasteiger partial charge in [-0.1, -0.05) is 55.5 Å². The van der Waals surface area contributed by atoms with Crippen molar-refractivity contribution in [1.29, 1.82) is 0 Å². The number of hydrogen-bond donors (Lipinski definition) is 0. The third-order valence-corrected chi connectivity index (χ3v) is 5.29. The highest BCUT2D eigenvalue weighted by Crippen LogP contribution is 2.32. The smallest absolute Gasteiger partial charge is 0.234 e. The normalized spacial score (nSPS) is 13.5.